The van der Waals surface area contributed by atoms with Crippen LogP contribution in [-0.2, 0) is 13.8 Å². The quantitative estimate of drug-likeness (QED) is 0.630. The molecule has 8 heteroatoms. The van der Waals surface area contributed by atoms with Crippen LogP contribution in [0.5, 0.6) is 0 Å². The molecule has 0 fully saturated rings. The summed E-state index contributed by atoms with van der Waals surface area (Å²) in [5, 5.41) is 1.47. The molecule has 0 bridgehead atoms. The van der Waals surface area contributed by atoms with Crippen LogP contribution in [0.4, 0.5) is 0 Å². The van der Waals surface area contributed by atoms with Gasteiger partial charge in [-0.05, 0) is 22.9 Å². The van der Waals surface area contributed by atoms with Gasteiger partial charge in [0.15, 0.2) is 0 Å². The predicted molar refractivity (Wildman–Crippen MR) is 61.0 cm³/mol. The highest BCUT2D eigenvalue weighted by atomic mass is 79.9. The summed E-state index contributed by atoms with van der Waals surface area (Å²) in [5.74, 6) is -0.688. The smallest absolute Gasteiger partial charge is 0.349 e. The lowest BCUT2D eigenvalue weighted by atomic mass is 10.5. The Balaban J connectivity index is 3.27. The van der Waals surface area contributed by atoms with E-state index in [1.54, 1.807) is 6.92 Å². The van der Waals surface area contributed by atoms with Crippen molar-refractivity contribution in [1.82, 2.24) is 0 Å². The predicted octanol–water partition coefficient (Wildman–Crippen LogP) is 2.61. The van der Waals surface area contributed by atoms with Crippen molar-refractivity contribution >= 4 is 53.0 Å². The third-order valence-corrected chi connectivity index (χ3v) is 5.06. The van der Waals surface area contributed by atoms with Crippen LogP contribution in [0.25, 0.3) is 0 Å². The van der Waals surface area contributed by atoms with E-state index in [-0.39, 0.29) is 20.9 Å². The van der Waals surface area contributed by atoms with Gasteiger partial charge in [0.25, 0.3) is 9.05 Å². The molecule has 1 aromatic heterocycles. The average molecular weight is 334 g/mol. The first kappa shape index (κ1) is 13.0. The van der Waals surface area contributed by atoms with E-state index < -0.39 is 15.0 Å². The van der Waals surface area contributed by atoms with Crippen molar-refractivity contribution in [2.24, 2.45) is 0 Å². The molecule has 0 spiro atoms. The fraction of sp³-hybridized carbons (Fsp3) is 0.286. The molecule has 84 valence electrons. The fourth-order valence-corrected chi connectivity index (χ4v) is 4.89. The molecule has 0 saturated heterocycles. The van der Waals surface area contributed by atoms with Crippen LogP contribution in [0, 0.1) is 0 Å². The zero-order valence-electron chi connectivity index (χ0n) is 7.49. The van der Waals surface area contributed by atoms with Gasteiger partial charge in [0, 0.05) is 20.5 Å². The van der Waals surface area contributed by atoms with Crippen molar-refractivity contribution in [1.29, 1.82) is 0 Å². The van der Waals surface area contributed by atoms with Crippen molar-refractivity contribution in [2.45, 2.75) is 11.8 Å². The molecule has 4 nitrogen and oxygen atoms in total. The number of hydrogen-bond acceptors (Lipinski definition) is 5. The SMILES string of the molecule is CCOC(=O)c1scc(Br)c1S(=O)(=O)Cl. The monoisotopic (exact) mass is 332 g/mol. The van der Waals surface area contributed by atoms with E-state index in [0.29, 0.717) is 0 Å². The summed E-state index contributed by atoms with van der Waals surface area (Å²) in [6.45, 7) is 1.81. The van der Waals surface area contributed by atoms with Gasteiger partial charge >= 0.3 is 5.97 Å². The van der Waals surface area contributed by atoms with Crippen molar-refractivity contribution in [3.05, 3.63) is 14.7 Å². The number of carbonyl (C=O) groups excluding carboxylic acids is 1. The highest BCUT2D eigenvalue weighted by Gasteiger charge is 2.26. The van der Waals surface area contributed by atoms with Crippen LogP contribution >= 0.6 is 37.9 Å². The van der Waals surface area contributed by atoms with E-state index in [1.165, 1.54) is 5.38 Å². The van der Waals surface area contributed by atoms with Gasteiger partial charge < -0.3 is 4.74 Å². The third kappa shape index (κ3) is 2.93. The largest absolute Gasteiger partial charge is 0.462 e. The third-order valence-electron chi connectivity index (χ3n) is 1.41. The Labute approximate surface area is 104 Å². The van der Waals surface area contributed by atoms with E-state index in [0.717, 1.165) is 11.3 Å². The maximum Gasteiger partial charge on any atom is 0.349 e. The van der Waals surface area contributed by atoms with Crippen molar-refractivity contribution in [2.75, 3.05) is 6.61 Å². The van der Waals surface area contributed by atoms with Crippen LogP contribution in [0.1, 0.15) is 16.6 Å². The number of carbonyl (C=O) groups is 1. The molecule has 0 saturated carbocycles. The Kier molecular flexibility index (Phi) is 4.16. The van der Waals surface area contributed by atoms with Gasteiger partial charge in [0.1, 0.15) is 9.77 Å². The van der Waals surface area contributed by atoms with E-state index >= 15 is 0 Å². The van der Waals surface area contributed by atoms with Crippen LogP contribution in [0.2, 0.25) is 0 Å². The lowest BCUT2D eigenvalue weighted by Gasteiger charge is -2.00. The lowest BCUT2D eigenvalue weighted by molar-refractivity contribution is 0.0528. The number of esters is 1. The molecule has 0 atom stereocenters. The Morgan fingerprint density at radius 1 is 1.67 bits per heavy atom. The van der Waals surface area contributed by atoms with Gasteiger partial charge in [0.05, 0.1) is 6.61 Å². The average Bonchev–Trinajstić information content (AvgIpc) is 2.46. The summed E-state index contributed by atoms with van der Waals surface area (Å²) in [5.41, 5.74) is 0. The maximum atomic E-state index is 11.4. The van der Waals surface area contributed by atoms with Crippen LogP contribution in [0.15, 0.2) is 14.7 Å². The molecule has 0 aromatic carbocycles. The molecule has 0 aliphatic rings. The summed E-state index contributed by atoms with van der Waals surface area (Å²) >= 11 is 3.98. The molecule has 0 N–H and O–H groups in total. The first-order valence-corrected chi connectivity index (χ1v) is 7.75. The Hall–Kier alpha value is -0.110. The molecule has 15 heavy (non-hydrogen) atoms. The summed E-state index contributed by atoms with van der Waals surface area (Å²) < 4.78 is 27.3. The van der Waals surface area contributed by atoms with Gasteiger partial charge in [-0.1, -0.05) is 0 Å². The number of ether oxygens (including phenoxy) is 1. The molecular formula is C7H6BrClO4S2. The highest BCUT2D eigenvalue weighted by molar-refractivity contribution is 9.10. The standard InChI is InChI=1S/C7H6BrClO4S2/c1-2-13-7(10)5-6(15(9,11)12)4(8)3-14-5/h3H,2H2,1H3. The fourth-order valence-electron chi connectivity index (χ4n) is 0.891. The molecule has 1 aromatic rings. The van der Waals surface area contributed by atoms with Crippen molar-refractivity contribution < 1.29 is 17.9 Å². The summed E-state index contributed by atoms with van der Waals surface area (Å²) in [6.07, 6.45) is 0. The van der Waals surface area contributed by atoms with E-state index in [9.17, 15) is 13.2 Å². The number of halogens is 2. The molecule has 0 radical (unpaired) electrons. The normalized spacial score (nSPS) is 11.4. The molecule has 0 aliphatic heterocycles. The summed E-state index contributed by atoms with van der Waals surface area (Å²) in [7, 11) is 1.25. The van der Waals surface area contributed by atoms with Crippen molar-refractivity contribution in [3.63, 3.8) is 0 Å². The Morgan fingerprint density at radius 2 is 2.27 bits per heavy atom. The van der Waals surface area contributed by atoms with Gasteiger partial charge in [-0.15, -0.1) is 11.3 Å². The van der Waals surface area contributed by atoms with Gasteiger partial charge in [-0.25, -0.2) is 13.2 Å². The first-order chi connectivity index (χ1) is 6.88. The minimum absolute atomic E-state index is 0.0151. The van der Waals surface area contributed by atoms with Gasteiger partial charge in [-0.2, -0.15) is 0 Å². The van der Waals surface area contributed by atoms with Crippen LogP contribution in [-0.4, -0.2) is 21.0 Å². The second-order valence-electron chi connectivity index (χ2n) is 2.40. The summed E-state index contributed by atoms with van der Waals surface area (Å²) in [4.78, 5) is 11.1. The number of rotatable bonds is 3. The Morgan fingerprint density at radius 3 is 2.73 bits per heavy atom. The van der Waals surface area contributed by atoms with E-state index in [1.807, 2.05) is 0 Å². The first-order valence-electron chi connectivity index (χ1n) is 3.76. The molecular weight excluding hydrogens is 328 g/mol. The molecule has 1 heterocycles. The lowest BCUT2D eigenvalue weighted by Crippen LogP contribution is -2.06. The topological polar surface area (TPSA) is 60.4 Å². The zero-order valence-corrected chi connectivity index (χ0v) is 11.5. The van der Waals surface area contributed by atoms with Crippen LogP contribution < -0.4 is 0 Å². The van der Waals surface area contributed by atoms with Gasteiger partial charge in [-0.3, -0.25) is 0 Å². The minimum Gasteiger partial charge on any atom is -0.462 e. The Bertz CT molecular complexity index is 479. The molecule has 0 unspecified atom stereocenters. The van der Waals surface area contributed by atoms with Gasteiger partial charge in [0.2, 0.25) is 0 Å². The zero-order chi connectivity index (χ0) is 11.6. The molecule has 0 aliphatic carbocycles. The van der Waals surface area contributed by atoms with Crippen molar-refractivity contribution in [3.8, 4) is 0 Å². The van der Waals surface area contributed by atoms with E-state index in [2.05, 4.69) is 15.9 Å². The molecule has 0 amide bonds. The van der Waals surface area contributed by atoms with Crippen LogP contribution in [0.3, 0.4) is 0 Å². The summed E-state index contributed by atoms with van der Waals surface area (Å²) in [6, 6.07) is 0. The highest BCUT2D eigenvalue weighted by Crippen LogP contribution is 2.34. The van der Waals surface area contributed by atoms with E-state index in [4.69, 9.17) is 15.4 Å². The number of hydrogen-bond donors (Lipinski definition) is 0. The minimum atomic E-state index is -3.95. The maximum absolute atomic E-state index is 11.4. The molecule has 1 rings (SSSR count). The second kappa shape index (κ2) is 4.82. The second-order valence-corrected chi connectivity index (χ2v) is 6.64. The number of thiophene rings is 1.